The first-order chi connectivity index (χ1) is 8.27. The van der Waals surface area contributed by atoms with E-state index in [9.17, 15) is 0 Å². The van der Waals surface area contributed by atoms with Crippen LogP contribution in [-0.4, -0.2) is 48.8 Å². The second-order valence-electron chi connectivity index (χ2n) is 5.02. The van der Waals surface area contributed by atoms with Crippen LogP contribution in [0.25, 0.3) is 0 Å². The Hall–Kier alpha value is -0.380. The highest BCUT2D eigenvalue weighted by molar-refractivity contribution is 5.00. The van der Waals surface area contributed by atoms with Crippen molar-refractivity contribution in [3.8, 4) is 0 Å². The van der Waals surface area contributed by atoms with E-state index in [1.54, 1.807) is 0 Å². The summed E-state index contributed by atoms with van der Waals surface area (Å²) in [5, 5.41) is 12.5. The van der Waals surface area contributed by atoms with Crippen molar-refractivity contribution in [2.75, 3.05) is 32.8 Å². The van der Waals surface area contributed by atoms with Crippen LogP contribution in [0.5, 0.6) is 0 Å². The zero-order chi connectivity index (χ0) is 12.5. The third-order valence-corrected chi connectivity index (χ3v) is 3.53. The van der Waals surface area contributed by atoms with E-state index in [0.717, 1.165) is 26.2 Å². The van der Waals surface area contributed by atoms with Gasteiger partial charge < -0.3 is 10.4 Å². The fourth-order valence-electron chi connectivity index (χ4n) is 2.61. The van der Waals surface area contributed by atoms with E-state index in [1.165, 1.54) is 37.7 Å². The molecule has 0 aromatic carbocycles. The molecule has 0 radical (unpaired) electrons. The Morgan fingerprint density at radius 1 is 1.35 bits per heavy atom. The van der Waals surface area contributed by atoms with E-state index < -0.39 is 0 Å². The minimum absolute atomic E-state index is 0.255. The lowest BCUT2D eigenvalue weighted by atomic mass is 9.94. The van der Waals surface area contributed by atoms with Gasteiger partial charge in [-0.05, 0) is 25.0 Å². The quantitative estimate of drug-likeness (QED) is 0.635. The van der Waals surface area contributed by atoms with Crippen molar-refractivity contribution in [2.24, 2.45) is 0 Å². The Balaban J connectivity index is 2.38. The van der Waals surface area contributed by atoms with Crippen molar-refractivity contribution in [1.29, 1.82) is 0 Å². The Morgan fingerprint density at radius 2 is 2.06 bits per heavy atom. The van der Waals surface area contributed by atoms with Crippen molar-refractivity contribution in [3.63, 3.8) is 0 Å². The van der Waals surface area contributed by atoms with Gasteiger partial charge in [0.1, 0.15) is 0 Å². The second kappa shape index (κ2) is 8.67. The highest BCUT2D eigenvalue weighted by Crippen LogP contribution is 2.22. The minimum Gasteiger partial charge on any atom is -0.395 e. The number of rotatable bonds is 8. The Kier molecular flexibility index (Phi) is 7.49. The summed E-state index contributed by atoms with van der Waals surface area (Å²) < 4.78 is 0. The molecule has 1 aliphatic rings. The number of aliphatic hydroxyl groups is 1. The molecule has 100 valence electrons. The lowest BCUT2D eigenvalue weighted by Gasteiger charge is -2.34. The first-order valence-corrected chi connectivity index (χ1v) is 7.00. The van der Waals surface area contributed by atoms with E-state index in [-0.39, 0.29) is 6.61 Å². The number of likely N-dealkylation sites (N-methyl/N-ethyl adjacent to an activating group) is 1. The molecule has 0 unspecified atom stereocenters. The maximum atomic E-state index is 9.17. The standard InChI is InChI=1S/C14H28N2O/c1-3-15-11-13(2)12-16(9-10-17)14-7-5-4-6-8-14/h14-15,17H,2-12H2,1H3. The van der Waals surface area contributed by atoms with E-state index in [0.29, 0.717) is 6.04 Å². The zero-order valence-electron chi connectivity index (χ0n) is 11.2. The van der Waals surface area contributed by atoms with E-state index in [4.69, 9.17) is 5.11 Å². The maximum absolute atomic E-state index is 9.17. The van der Waals surface area contributed by atoms with Crippen LogP contribution in [0.1, 0.15) is 39.0 Å². The van der Waals surface area contributed by atoms with E-state index >= 15 is 0 Å². The SMILES string of the molecule is C=C(CNCC)CN(CCO)C1CCCCC1. The third-order valence-electron chi connectivity index (χ3n) is 3.53. The summed E-state index contributed by atoms with van der Waals surface area (Å²) in [5.74, 6) is 0. The van der Waals surface area contributed by atoms with Crippen LogP contribution in [0.2, 0.25) is 0 Å². The molecule has 1 fully saturated rings. The van der Waals surface area contributed by atoms with Gasteiger partial charge in [0, 0.05) is 25.7 Å². The first-order valence-electron chi connectivity index (χ1n) is 7.00. The third kappa shape index (κ3) is 5.66. The predicted octanol–water partition coefficient (Wildman–Crippen LogP) is 1.78. The number of hydrogen-bond donors (Lipinski definition) is 2. The number of aliphatic hydroxyl groups excluding tert-OH is 1. The molecule has 0 saturated heterocycles. The van der Waals surface area contributed by atoms with Crippen LogP contribution in [0.15, 0.2) is 12.2 Å². The molecule has 2 N–H and O–H groups in total. The molecule has 0 aromatic rings. The molecule has 0 aromatic heterocycles. The Morgan fingerprint density at radius 3 is 2.65 bits per heavy atom. The van der Waals surface area contributed by atoms with Crippen LogP contribution in [0.3, 0.4) is 0 Å². The normalized spacial score (nSPS) is 17.6. The molecule has 0 spiro atoms. The molecular weight excluding hydrogens is 212 g/mol. The predicted molar refractivity (Wildman–Crippen MR) is 73.2 cm³/mol. The van der Waals surface area contributed by atoms with Crippen LogP contribution in [0, 0.1) is 0 Å². The van der Waals surface area contributed by atoms with Gasteiger partial charge in [0.25, 0.3) is 0 Å². The molecule has 0 bridgehead atoms. The van der Waals surface area contributed by atoms with Crippen LogP contribution in [0.4, 0.5) is 0 Å². The van der Waals surface area contributed by atoms with Gasteiger partial charge in [-0.25, -0.2) is 0 Å². The van der Waals surface area contributed by atoms with Gasteiger partial charge in [-0.2, -0.15) is 0 Å². The van der Waals surface area contributed by atoms with Gasteiger partial charge in [-0.1, -0.05) is 32.8 Å². The monoisotopic (exact) mass is 240 g/mol. The fourth-order valence-corrected chi connectivity index (χ4v) is 2.61. The summed E-state index contributed by atoms with van der Waals surface area (Å²) in [6.07, 6.45) is 6.63. The van der Waals surface area contributed by atoms with Crippen molar-refractivity contribution in [3.05, 3.63) is 12.2 Å². The largest absolute Gasteiger partial charge is 0.395 e. The molecule has 0 atom stereocenters. The second-order valence-corrected chi connectivity index (χ2v) is 5.02. The lowest BCUT2D eigenvalue weighted by Crippen LogP contribution is -2.40. The molecule has 0 aliphatic heterocycles. The van der Waals surface area contributed by atoms with Gasteiger partial charge in [0.15, 0.2) is 0 Å². The molecule has 3 heteroatoms. The average Bonchev–Trinajstić information content (AvgIpc) is 2.37. The summed E-state index contributed by atoms with van der Waals surface area (Å²) in [7, 11) is 0. The summed E-state index contributed by atoms with van der Waals surface area (Å²) in [6, 6.07) is 0.661. The van der Waals surface area contributed by atoms with Gasteiger partial charge in [0.2, 0.25) is 0 Å². The molecule has 3 nitrogen and oxygen atoms in total. The molecule has 1 rings (SSSR count). The van der Waals surface area contributed by atoms with Gasteiger partial charge in [-0.15, -0.1) is 0 Å². The summed E-state index contributed by atoms with van der Waals surface area (Å²) >= 11 is 0. The van der Waals surface area contributed by atoms with Gasteiger partial charge >= 0.3 is 0 Å². The summed E-state index contributed by atoms with van der Waals surface area (Å²) in [6.45, 7) is 10.1. The van der Waals surface area contributed by atoms with Crippen LogP contribution < -0.4 is 5.32 Å². The van der Waals surface area contributed by atoms with E-state index in [2.05, 4.69) is 23.7 Å². The minimum atomic E-state index is 0.255. The molecule has 1 saturated carbocycles. The van der Waals surface area contributed by atoms with Crippen molar-refractivity contribution < 1.29 is 5.11 Å². The zero-order valence-corrected chi connectivity index (χ0v) is 11.2. The fraction of sp³-hybridized carbons (Fsp3) is 0.857. The van der Waals surface area contributed by atoms with Crippen molar-refractivity contribution in [2.45, 2.75) is 45.1 Å². The summed E-state index contributed by atoms with van der Waals surface area (Å²) in [4.78, 5) is 2.42. The highest BCUT2D eigenvalue weighted by atomic mass is 16.3. The number of nitrogens with one attached hydrogen (secondary N) is 1. The smallest absolute Gasteiger partial charge is 0.0558 e. The molecule has 1 aliphatic carbocycles. The topological polar surface area (TPSA) is 35.5 Å². The molecule has 0 amide bonds. The average molecular weight is 240 g/mol. The van der Waals surface area contributed by atoms with Crippen molar-refractivity contribution in [1.82, 2.24) is 10.2 Å². The molecule has 0 heterocycles. The van der Waals surface area contributed by atoms with Crippen molar-refractivity contribution >= 4 is 0 Å². The Labute approximate surface area is 106 Å². The first kappa shape index (κ1) is 14.7. The van der Waals surface area contributed by atoms with Gasteiger partial charge in [-0.3, -0.25) is 4.90 Å². The number of nitrogens with zero attached hydrogens (tertiary/aromatic N) is 1. The summed E-state index contributed by atoms with van der Waals surface area (Å²) in [5.41, 5.74) is 1.23. The van der Waals surface area contributed by atoms with Gasteiger partial charge in [0.05, 0.1) is 6.61 Å². The van der Waals surface area contributed by atoms with Crippen LogP contribution in [-0.2, 0) is 0 Å². The number of hydrogen-bond acceptors (Lipinski definition) is 3. The van der Waals surface area contributed by atoms with E-state index in [1.807, 2.05) is 0 Å². The lowest BCUT2D eigenvalue weighted by molar-refractivity contribution is 0.133. The maximum Gasteiger partial charge on any atom is 0.0558 e. The van der Waals surface area contributed by atoms with Crippen LogP contribution >= 0.6 is 0 Å². The Bertz CT molecular complexity index is 212. The highest BCUT2D eigenvalue weighted by Gasteiger charge is 2.20. The molecular formula is C14H28N2O. The molecule has 17 heavy (non-hydrogen) atoms.